The minimum atomic E-state index is -3.54. The molecule has 0 saturated carbocycles. The molecule has 7 heteroatoms. The summed E-state index contributed by atoms with van der Waals surface area (Å²) in [6.07, 6.45) is 3.99. The number of carbonyl (C=O) groups excluding carboxylic acids is 1. The topological polar surface area (TPSA) is 82.3 Å². The van der Waals surface area contributed by atoms with Gasteiger partial charge in [0.05, 0.1) is 6.26 Å². The highest BCUT2D eigenvalue weighted by Gasteiger charge is 2.32. The fourth-order valence-corrected chi connectivity index (χ4v) is 4.41. The number of nitrogens with zero attached hydrogens (tertiary/aromatic N) is 1. The maximum atomic E-state index is 13.2. The lowest BCUT2D eigenvalue weighted by molar-refractivity contribution is -0.120. The standard InChI is InChI=1S/C20H21N3O3S/c1-27(25,26)22-18(12-15-13-21-17-8-4-3-7-16(15)17)20(24)23-11-10-14-6-2-5-9-19(14)23/h2-9,13,18,21-22H,10-12H2,1H3/t18-/m0/s1. The largest absolute Gasteiger partial charge is 0.361 e. The molecular weight excluding hydrogens is 362 g/mol. The minimum absolute atomic E-state index is 0.226. The molecule has 2 N–H and O–H groups in total. The number of aromatic amines is 1. The first-order valence-corrected chi connectivity index (χ1v) is 10.7. The van der Waals surface area contributed by atoms with E-state index in [0.717, 1.165) is 40.4 Å². The number of nitrogens with one attached hydrogen (secondary N) is 2. The summed E-state index contributed by atoms with van der Waals surface area (Å²) in [4.78, 5) is 18.1. The maximum Gasteiger partial charge on any atom is 0.245 e. The first-order valence-electron chi connectivity index (χ1n) is 8.84. The van der Waals surface area contributed by atoms with E-state index in [1.165, 1.54) is 0 Å². The fraction of sp³-hybridized carbons (Fsp3) is 0.250. The molecule has 0 saturated heterocycles. The fourth-order valence-electron chi connectivity index (χ4n) is 3.71. The molecule has 0 fully saturated rings. The number of aromatic nitrogens is 1. The van der Waals surface area contributed by atoms with Gasteiger partial charge in [0.25, 0.3) is 0 Å². The van der Waals surface area contributed by atoms with Gasteiger partial charge in [-0.1, -0.05) is 36.4 Å². The predicted molar refractivity (Wildman–Crippen MR) is 106 cm³/mol. The van der Waals surface area contributed by atoms with Crippen molar-refractivity contribution in [1.82, 2.24) is 9.71 Å². The summed E-state index contributed by atoms with van der Waals surface area (Å²) < 4.78 is 26.4. The molecule has 0 bridgehead atoms. The number of hydrogen-bond donors (Lipinski definition) is 2. The van der Waals surface area contributed by atoms with Gasteiger partial charge < -0.3 is 9.88 Å². The van der Waals surface area contributed by atoms with Crippen LogP contribution in [0.5, 0.6) is 0 Å². The molecule has 1 amide bonds. The third-order valence-corrected chi connectivity index (χ3v) is 5.62. The van der Waals surface area contributed by atoms with Gasteiger partial charge in [-0.3, -0.25) is 4.79 Å². The quantitative estimate of drug-likeness (QED) is 0.709. The van der Waals surface area contributed by atoms with E-state index in [1.807, 2.05) is 54.7 Å². The number of carbonyl (C=O) groups is 1. The van der Waals surface area contributed by atoms with Crippen LogP contribution in [0.25, 0.3) is 10.9 Å². The Morgan fingerprint density at radius 2 is 1.93 bits per heavy atom. The van der Waals surface area contributed by atoms with Crippen LogP contribution < -0.4 is 9.62 Å². The van der Waals surface area contributed by atoms with E-state index < -0.39 is 16.1 Å². The van der Waals surface area contributed by atoms with E-state index >= 15 is 0 Å². The van der Waals surface area contributed by atoms with E-state index in [-0.39, 0.29) is 12.3 Å². The van der Waals surface area contributed by atoms with Crippen molar-refractivity contribution in [3.05, 3.63) is 65.9 Å². The predicted octanol–water partition coefficient (Wildman–Crippen LogP) is 2.22. The molecule has 1 atom stereocenters. The second kappa shape index (κ2) is 6.83. The number of sulfonamides is 1. The second-order valence-corrected chi connectivity index (χ2v) is 8.65. The van der Waals surface area contributed by atoms with E-state index in [4.69, 9.17) is 0 Å². The third kappa shape index (κ3) is 3.61. The summed E-state index contributed by atoms with van der Waals surface area (Å²) >= 11 is 0. The van der Waals surface area contributed by atoms with Crippen LogP contribution in [0.15, 0.2) is 54.7 Å². The summed E-state index contributed by atoms with van der Waals surface area (Å²) in [5, 5.41) is 0.993. The van der Waals surface area contributed by atoms with Crippen molar-refractivity contribution in [2.24, 2.45) is 0 Å². The number of hydrogen-bond acceptors (Lipinski definition) is 3. The Morgan fingerprint density at radius 1 is 1.19 bits per heavy atom. The number of para-hydroxylation sites is 2. The van der Waals surface area contributed by atoms with Gasteiger partial charge in [0, 0.05) is 29.3 Å². The van der Waals surface area contributed by atoms with Crippen LogP contribution >= 0.6 is 0 Å². The first kappa shape index (κ1) is 17.8. The maximum absolute atomic E-state index is 13.2. The van der Waals surface area contributed by atoms with Crippen molar-refractivity contribution < 1.29 is 13.2 Å². The molecule has 2 heterocycles. The number of anilines is 1. The lowest BCUT2D eigenvalue weighted by Crippen LogP contribution is -2.49. The van der Waals surface area contributed by atoms with Gasteiger partial charge in [-0.2, -0.15) is 0 Å². The Morgan fingerprint density at radius 3 is 2.74 bits per heavy atom. The zero-order valence-electron chi connectivity index (χ0n) is 15.0. The molecule has 1 aromatic heterocycles. The highest BCUT2D eigenvalue weighted by Crippen LogP contribution is 2.29. The van der Waals surface area contributed by atoms with Crippen molar-refractivity contribution in [3.63, 3.8) is 0 Å². The van der Waals surface area contributed by atoms with Crippen LogP contribution in [-0.2, 0) is 27.7 Å². The number of benzene rings is 2. The Balaban J connectivity index is 1.66. The van der Waals surface area contributed by atoms with Crippen molar-refractivity contribution in [2.75, 3.05) is 17.7 Å². The van der Waals surface area contributed by atoms with E-state index in [1.54, 1.807) is 4.90 Å². The molecule has 2 aromatic carbocycles. The Hall–Kier alpha value is -2.64. The smallest absolute Gasteiger partial charge is 0.245 e. The second-order valence-electron chi connectivity index (χ2n) is 6.87. The van der Waals surface area contributed by atoms with Crippen LogP contribution in [0.4, 0.5) is 5.69 Å². The molecule has 0 radical (unpaired) electrons. The van der Waals surface area contributed by atoms with Crippen LogP contribution in [0.2, 0.25) is 0 Å². The van der Waals surface area contributed by atoms with Crippen molar-refractivity contribution in [2.45, 2.75) is 18.9 Å². The molecule has 140 valence electrons. The number of H-pyrrole nitrogens is 1. The summed E-state index contributed by atoms with van der Waals surface area (Å²) in [5.41, 5.74) is 3.84. The van der Waals surface area contributed by atoms with Gasteiger partial charge >= 0.3 is 0 Å². The van der Waals surface area contributed by atoms with Gasteiger partial charge in [0.1, 0.15) is 6.04 Å². The molecule has 0 aliphatic carbocycles. The summed E-state index contributed by atoms with van der Waals surface area (Å²) in [6.45, 7) is 0.563. The van der Waals surface area contributed by atoms with E-state index in [9.17, 15) is 13.2 Å². The summed E-state index contributed by atoms with van der Waals surface area (Å²) in [7, 11) is -3.54. The van der Waals surface area contributed by atoms with Gasteiger partial charge in [0.15, 0.2) is 0 Å². The van der Waals surface area contributed by atoms with Crippen molar-refractivity contribution >= 4 is 32.5 Å². The minimum Gasteiger partial charge on any atom is -0.361 e. The van der Waals surface area contributed by atoms with Gasteiger partial charge in [-0.25, -0.2) is 13.1 Å². The number of fused-ring (bicyclic) bond motifs is 2. The van der Waals surface area contributed by atoms with Crippen LogP contribution in [0.3, 0.4) is 0 Å². The molecule has 1 aliphatic rings. The Bertz CT molecular complexity index is 1100. The molecule has 0 unspecified atom stereocenters. The molecule has 1 aliphatic heterocycles. The normalized spacial score (nSPS) is 15.1. The lowest BCUT2D eigenvalue weighted by Gasteiger charge is -2.24. The molecule has 4 rings (SSSR count). The number of amides is 1. The average Bonchev–Trinajstić information content (AvgIpc) is 3.24. The Labute approximate surface area is 158 Å². The zero-order valence-corrected chi connectivity index (χ0v) is 15.8. The lowest BCUT2D eigenvalue weighted by atomic mass is 10.0. The highest BCUT2D eigenvalue weighted by atomic mass is 32.2. The van der Waals surface area contributed by atoms with Gasteiger partial charge in [-0.15, -0.1) is 0 Å². The number of rotatable bonds is 5. The zero-order chi connectivity index (χ0) is 19.0. The molecule has 27 heavy (non-hydrogen) atoms. The molecule has 0 spiro atoms. The molecular formula is C20H21N3O3S. The Kier molecular flexibility index (Phi) is 4.49. The van der Waals surface area contributed by atoms with Crippen LogP contribution in [-0.4, -0.2) is 38.2 Å². The van der Waals surface area contributed by atoms with Crippen molar-refractivity contribution in [3.8, 4) is 0 Å². The summed E-state index contributed by atoms with van der Waals surface area (Å²) in [5.74, 6) is -0.226. The third-order valence-electron chi connectivity index (χ3n) is 4.91. The van der Waals surface area contributed by atoms with E-state index in [0.29, 0.717) is 6.54 Å². The van der Waals surface area contributed by atoms with Gasteiger partial charge in [0.2, 0.25) is 15.9 Å². The molecule has 3 aromatic rings. The summed E-state index contributed by atoms with van der Waals surface area (Å²) in [6, 6.07) is 14.7. The van der Waals surface area contributed by atoms with Crippen LogP contribution in [0.1, 0.15) is 11.1 Å². The molecule has 6 nitrogen and oxygen atoms in total. The van der Waals surface area contributed by atoms with E-state index in [2.05, 4.69) is 9.71 Å². The first-order chi connectivity index (χ1) is 12.9. The average molecular weight is 383 g/mol. The monoisotopic (exact) mass is 383 g/mol. The van der Waals surface area contributed by atoms with Gasteiger partial charge in [-0.05, 0) is 36.1 Å². The SMILES string of the molecule is CS(=O)(=O)N[C@@H](Cc1c[nH]c2ccccc12)C(=O)N1CCc2ccccc21. The van der Waals surface area contributed by atoms with Crippen molar-refractivity contribution in [1.29, 1.82) is 0 Å². The van der Waals surface area contributed by atoms with Crippen LogP contribution in [0, 0.1) is 0 Å². The highest BCUT2D eigenvalue weighted by molar-refractivity contribution is 7.88.